The molecule has 0 aliphatic rings. The first-order chi connectivity index (χ1) is 23.1. The van der Waals surface area contributed by atoms with Crippen molar-refractivity contribution in [3.63, 3.8) is 0 Å². The van der Waals surface area contributed by atoms with Gasteiger partial charge < -0.3 is 51.8 Å². The van der Waals surface area contributed by atoms with Crippen molar-refractivity contribution < 1.29 is 52.6 Å². The molecule has 7 heteroatoms. The summed E-state index contributed by atoms with van der Waals surface area (Å²) in [5, 5.41) is 34.0. The Hall–Kier alpha value is 1.37. The molecule has 0 rings (SSSR count). The maximum Gasteiger partial charge on any atom is 2.00 e. The number of rotatable bonds is 20. The zero-order valence-corrected chi connectivity index (χ0v) is 36.8. The molecule has 45 heavy (non-hydrogen) atoms. The van der Waals surface area contributed by atoms with Gasteiger partial charge in [0.25, 0.3) is 0 Å². The Balaban J connectivity index is -0.0000000598. The first-order valence-corrected chi connectivity index (χ1v) is 18.4. The molecule has 0 saturated carbocycles. The molecule has 0 bridgehead atoms. The van der Waals surface area contributed by atoms with Gasteiger partial charge in [0.15, 0.2) is 0 Å². The van der Waals surface area contributed by atoms with Crippen LogP contribution in [0.2, 0.25) is 0 Å². The van der Waals surface area contributed by atoms with E-state index in [9.17, 15) is 0 Å². The zero-order chi connectivity index (χ0) is 39.9. The van der Waals surface area contributed by atoms with Crippen LogP contribution in [0, 0.1) is 43.4 Å². The molecule has 0 aromatic rings. The molecule has 4 atom stereocenters. The van der Waals surface area contributed by atoms with Gasteiger partial charge in [0.05, 0.1) is 0 Å². The van der Waals surface area contributed by atoms with Crippen LogP contribution in [0.4, 0.5) is 0 Å². The number of aliphatic hydroxyl groups is 4. The summed E-state index contributed by atoms with van der Waals surface area (Å²) in [6.45, 7) is 19.6. The summed E-state index contributed by atoms with van der Waals surface area (Å²) in [7, 11) is -0.833. The number of hydrogen-bond donors (Lipinski definition) is 4. The van der Waals surface area contributed by atoms with Crippen molar-refractivity contribution >= 4 is 45.6 Å². The molecule has 0 aromatic heterocycles. The molecule has 0 fully saturated rings. The summed E-state index contributed by atoms with van der Waals surface area (Å²) in [6.07, 6.45) is 21.9. The number of alkyl halides is 1. The maximum atomic E-state index is 8.72. The number of terminal acetylenes is 1. The van der Waals surface area contributed by atoms with Crippen molar-refractivity contribution in [2.75, 3.05) is 30.9 Å². The molecule has 0 saturated heterocycles. The molecule has 0 aromatic carbocycles. The minimum absolute atomic E-state index is 0. The van der Waals surface area contributed by atoms with Gasteiger partial charge in [-0.05, 0) is 62.7 Å². The fourth-order valence-corrected chi connectivity index (χ4v) is 4.74. The fraction of sp³-hybridized carbons (Fsp3) is 0.868. The summed E-state index contributed by atoms with van der Waals surface area (Å²) in [6, 6.07) is 0. The topological polar surface area (TPSA) is 80.9 Å². The summed E-state index contributed by atoms with van der Waals surface area (Å²) >= 11 is 2.47. The van der Waals surface area contributed by atoms with Crippen LogP contribution in [0.3, 0.4) is 0 Å². The minimum atomic E-state index is -1.78. The predicted octanol–water partition coefficient (Wildman–Crippen LogP) is 7.71. The van der Waals surface area contributed by atoms with Crippen molar-refractivity contribution in [1.82, 2.24) is 0 Å². The second kappa shape index (κ2) is 71.4. The normalized spacial score (nSPS) is 13.5. The Morgan fingerprint density at radius 2 is 1.13 bits per heavy atom. The standard InChI is InChI=1S/C9H20O.C7H15I.2C7H16O.C4H8O.C3H4.CH3.HI.Mg/c1-3-5-6-9(4-2)7-8-10;3*1-3-5-7(4-2)6-8;1-2-3-4-5;1-3-2;;;/h9-10H,3-8H2,1-2H3;7H,3-6H2,1-2H3;2*7-8H,3-6H2,1-2H3;2,5H,1,3-4H2;1H,2H3;1H3;1H;/q;;;;;;-1;;+2/p-1/t9-;3*7-;;;;;/m0111...../s1/i1D3;;;;;;1D3;;. The van der Waals surface area contributed by atoms with Gasteiger partial charge in [-0.2, -0.15) is 0 Å². The maximum absolute atomic E-state index is 8.72. The van der Waals surface area contributed by atoms with E-state index in [1.807, 2.05) is 0 Å². The van der Waals surface area contributed by atoms with Gasteiger partial charge in [0.2, 0.25) is 0 Å². The van der Waals surface area contributed by atoms with E-state index in [2.05, 4.69) is 90.0 Å². The van der Waals surface area contributed by atoms with E-state index in [0.29, 0.717) is 43.8 Å². The summed E-state index contributed by atoms with van der Waals surface area (Å²) < 4.78 is 39.9. The van der Waals surface area contributed by atoms with Gasteiger partial charge >= 0.3 is 23.1 Å². The van der Waals surface area contributed by atoms with Crippen LogP contribution < -0.4 is 24.0 Å². The predicted molar refractivity (Wildman–Crippen MR) is 213 cm³/mol. The smallest absolute Gasteiger partial charge is 1.00 e. The van der Waals surface area contributed by atoms with Crippen LogP contribution in [0.25, 0.3) is 0 Å². The Labute approximate surface area is 341 Å². The van der Waals surface area contributed by atoms with Crippen LogP contribution in [-0.4, -0.2) is 74.3 Å². The quantitative estimate of drug-likeness (QED) is 0.0253. The summed E-state index contributed by atoms with van der Waals surface area (Å²) in [5.74, 6) is 4.84. The number of halogens is 2. The molecular weight excluding hydrogens is 799 g/mol. The molecule has 274 valence electrons. The van der Waals surface area contributed by atoms with Gasteiger partial charge in [0.1, 0.15) is 0 Å². The van der Waals surface area contributed by atoms with Crippen molar-refractivity contribution in [2.24, 2.45) is 23.7 Å². The Kier molecular flexibility index (Phi) is 80.5. The van der Waals surface area contributed by atoms with Crippen molar-refractivity contribution in [3.8, 4) is 12.3 Å². The van der Waals surface area contributed by atoms with E-state index in [4.69, 9.17) is 28.7 Å². The van der Waals surface area contributed by atoms with Gasteiger partial charge in [-0.25, -0.2) is 4.11 Å². The van der Waals surface area contributed by atoms with Gasteiger partial charge in [-0.15, -0.1) is 18.9 Å². The van der Waals surface area contributed by atoms with Crippen LogP contribution in [0.5, 0.6) is 0 Å². The van der Waals surface area contributed by atoms with Crippen LogP contribution in [0.15, 0.2) is 12.7 Å². The minimum Gasteiger partial charge on any atom is -1.00 e. The van der Waals surface area contributed by atoms with Gasteiger partial charge in [-0.3, -0.25) is 0 Å². The Morgan fingerprint density at radius 1 is 0.756 bits per heavy atom. The van der Waals surface area contributed by atoms with E-state index in [0.717, 1.165) is 44.4 Å². The monoisotopic (exact) mass is 886 g/mol. The van der Waals surface area contributed by atoms with Crippen molar-refractivity contribution in [2.45, 2.75) is 159 Å². The first kappa shape index (κ1) is 50.7. The van der Waals surface area contributed by atoms with Crippen LogP contribution in [-0.2, 0) is 0 Å². The fourth-order valence-electron chi connectivity index (χ4n) is 3.68. The Bertz CT molecular complexity index is 558. The third-order valence-electron chi connectivity index (χ3n) is 6.79. The molecule has 0 aliphatic carbocycles. The van der Waals surface area contributed by atoms with Crippen LogP contribution in [0.1, 0.15) is 167 Å². The van der Waals surface area contributed by atoms with Gasteiger partial charge in [-0.1, -0.05) is 148 Å². The molecule has 0 heterocycles. The molecule has 4 N–H and O–H groups in total. The zero-order valence-electron chi connectivity index (χ0n) is 37.1. The summed E-state index contributed by atoms with van der Waals surface area (Å²) in [4.78, 5) is 0. The molecule has 0 radical (unpaired) electrons. The van der Waals surface area contributed by atoms with E-state index in [1.54, 1.807) is 13.0 Å². The van der Waals surface area contributed by atoms with Gasteiger partial charge in [0, 0.05) is 35.0 Å². The van der Waals surface area contributed by atoms with Crippen molar-refractivity contribution in [1.29, 1.82) is 0 Å². The second-order valence-electron chi connectivity index (χ2n) is 10.5. The van der Waals surface area contributed by atoms with E-state index in [1.165, 1.54) is 49.4 Å². The third-order valence-corrected chi connectivity index (χ3v) is 8.04. The third kappa shape index (κ3) is 76.6. The molecule has 0 aliphatic heterocycles. The average Bonchev–Trinajstić information content (AvgIpc) is 3.05. The summed E-state index contributed by atoms with van der Waals surface area (Å²) in [5.41, 5.74) is 0. The Morgan fingerprint density at radius 3 is 1.29 bits per heavy atom. The SMILES string of the molecule is C#CC.C=CCCO.CCC[C@@H](CC)CI.CCC[C@@H](CC)CO.CCC[C@@H](CC)CO.[2H]C([2H])([2H])CCC[C@H](CC)CCO.[2H][C-]([2H])[2H].[I-].[Mg+2]. The van der Waals surface area contributed by atoms with Crippen LogP contribution >= 0.6 is 22.6 Å². The average molecular weight is 887 g/mol. The van der Waals surface area contributed by atoms with E-state index < -0.39 is 14.2 Å². The number of aliphatic hydroxyl groups excluding tert-OH is 4. The molecular formula is C38H82I2MgO4. The molecule has 4 nitrogen and oxygen atoms in total. The molecule has 0 unspecified atom stereocenters. The second-order valence-corrected chi connectivity index (χ2v) is 11.4. The molecule has 0 spiro atoms. The number of hydrogen-bond acceptors (Lipinski definition) is 4. The van der Waals surface area contributed by atoms with Crippen molar-refractivity contribution in [3.05, 3.63) is 20.0 Å². The molecule has 0 amide bonds. The van der Waals surface area contributed by atoms with E-state index in [-0.39, 0.29) is 60.2 Å². The largest absolute Gasteiger partial charge is 2.00 e. The van der Waals surface area contributed by atoms with E-state index >= 15 is 0 Å². The first-order valence-electron chi connectivity index (χ1n) is 19.8.